The average molecular weight is 274 g/mol. The van der Waals surface area contributed by atoms with Crippen molar-refractivity contribution in [1.29, 1.82) is 0 Å². The Morgan fingerprint density at radius 3 is 2.65 bits per heavy atom. The fraction of sp³-hybridized carbons (Fsp3) is 0.143. The van der Waals surface area contributed by atoms with Gasteiger partial charge in [-0.1, -0.05) is 0 Å². The van der Waals surface area contributed by atoms with Gasteiger partial charge in [0.1, 0.15) is 11.4 Å². The molecule has 0 spiro atoms. The summed E-state index contributed by atoms with van der Waals surface area (Å²) in [5.41, 5.74) is 0.593. The zero-order valence-electron chi connectivity index (χ0n) is 10.8. The van der Waals surface area contributed by atoms with Crippen molar-refractivity contribution in [1.82, 2.24) is 4.57 Å². The number of aromatic nitrogens is 1. The van der Waals surface area contributed by atoms with Gasteiger partial charge in [0.05, 0.1) is 11.3 Å². The number of hydrogen-bond acceptors (Lipinski definition) is 3. The van der Waals surface area contributed by atoms with Crippen LogP contribution in [0.15, 0.2) is 36.5 Å². The van der Waals surface area contributed by atoms with Gasteiger partial charge in [-0.15, -0.1) is 0 Å². The van der Waals surface area contributed by atoms with E-state index in [-0.39, 0.29) is 22.9 Å². The summed E-state index contributed by atoms with van der Waals surface area (Å²) in [5.74, 6) is -1.79. The van der Waals surface area contributed by atoms with E-state index >= 15 is 0 Å². The lowest BCUT2D eigenvalue weighted by Gasteiger charge is -2.09. The molecule has 1 aromatic heterocycles. The Hall–Kier alpha value is -2.76. The highest BCUT2D eigenvalue weighted by Gasteiger charge is 2.13. The van der Waals surface area contributed by atoms with Crippen molar-refractivity contribution in [3.63, 3.8) is 0 Å². The van der Waals surface area contributed by atoms with Crippen LogP contribution in [0.5, 0.6) is 5.75 Å². The van der Waals surface area contributed by atoms with Crippen LogP contribution in [-0.2, 0) is 6.54 Å². The number of nitrogens with zero attached hydrogens (tertiary/aromatic N) is 1. The zero-order valence-corrected chi connectivity index (χ0v) is 10.8. The van der Waals surface area contributed by atoms with E-state index in [0.29, 0.717) is 12.2 Å². The largest absolute Gasteiger partial charge is 0.506 e. The summed E-state index contributed by atoms with van der Waals surface area (Å²) in [4.78, 5) is 22.8. The van der Waals surface area contributed by atoms with Crippen LogP contribution in [0.3, 0.4) is 0 Å². The molecule has 20 heavy (non-hydrogen) atoms. The Labute approximate surface area is 115 Å². The number of phenolic OH excluding ortho intramolecular Hbond substituents is 1. The Kier molecular flexibility index (Phi) is 3.74. The maximum Gasteiger partial charge on any atom is 0.335 e. The number of aromatic hydroxyl groups is 1. The smallest absolute Gasteiger partial charge is 0.335 e. The molecule has 6 heteroatoms. The number of carboxylic acids is 1. The number of carboxylic acid groups (broad SMARTS) is 1. The Bertz CT molecular complexity index is 661. The van der Waals surface area contributed by atoms with Crippen LogP contribution in [0.4, 0.5) is 5.69 Å². The number of aryl methyl sites for hydroxylation is 1. The molecule has 2 rings (SSSR count). The van der Waals surface area contributed by atoms with E-state index in [1.807, 2.05) is 6.92 Å². The monoisotopic (exact) mass is 274 g/mol. The number of carbonyl (C=O) groups is 2. The number of carbonyl (C=O) groups excluding carboxylic acids is 1. The normalized spacial score (nSPS) is 10.2. The summed E-state index contributed by atoms with van der Waals surface area (Å²) < 4.78 is 1.76. The van der Waals surface area contributed by atoms with Crippen molar-refractivity contribution in [3.05, 3.63) is 47.8 Å². The van der Waals surface area contributed by atoms with Crippen molar-refractivity contribution in [3.8, 4) is 5.75 Å². The molecule has 0 fully saturated rings. The van der Waals surface area contributed by atoms with Gasteiger partial charge < -0.3 is 20.1 Å². The molecule has 104 valence electrons. The first kappa shape index (κ1) is 13.7. The Balaban J connectivity index is 2.22. The van der Waals surface area contributed by atoms with Gasteiger partial charge in [0.15, 0.2) is 0 Å². The molecule has 2 aromatic rings. The molecule has 3 N–H and O–H groups in total. The predicted molar refractivity (Wildman–Crippen MR) is 73.1 cm³/mol. The van der Waals surface area contributed by atoms with Crippen LogP contribution in [-0.4, -0.2) is 26.7 Å². The van der Waals surface area contributed by atoms with Crippen LogP contribution in [0.1, 0.15) is 27.8 Å². The summed E-state index contributed by atoms with van der Waals surface area (Å²) in [5, 5.41) is 21.1. The maximum atomic E-state index is 12.1. The van der Waals surface area contributed by atoms with E-state index in [4.69, 9.17) is 5.11 Å². The molecule has 6 nitrogen and oxygen atoms in total. The summed E-state index contributed by atoms with van der Waals surface area (Å²) in [7, 11) is 0. The van der Waals surface area contributed by atoms with E-state index < -0.39 is 5.97 Å². The van der Waals surface area contributed by atoms with Gasteiger partial charge in [0.2, 0.25) is 0 Å². The maximum absolute atomic E-state index is 12.1. The number of aromatic carboxylic acids is 1. The van der Waals surface area contributed by atoms with Crippen molar-refractivity contribution >= 4 is 17.6 Å². The van der Waals surface area contributed by atoms with Crippen LogP contribution >= 0.6 is 0 Å². The fourth-order valence-corrected chi connectivity index (χ4v) is 1.85. The predicted octanol–water partition coefficient (Wildman–Crippen LogP) is 2.16. The molecule has 0 unspecified atom stereocenters. The lowest BCUT2D eigenvalue weighted by Crippen LogP contribution is -2.16. The highest BCUT2D eigenvalue weighted by molar-refractivity contribution is 6.04. The van der Waals surface area contributed by atoms with Gasteiger partial charge in [-0.05, 0) is 37.3 Å². The van der Waals surface area contributed by atoms with Gasteiger partial charge in [0, 0.05) is 12.7 Å². The zero-order chi connectivity index (χ0) is 14.7. The summed E-state index contributed by atoms with van der Waals surface area (Å²) >= 11 is 0. The molecule has 0 aliphatic rings. The van der Waals surface area contributed by atoms with Crippen molar-refractivity contribution < 1.29 is 19.8 Å². The van der Waals surface area contributed by atoms with Crippen molar-refractivity contribution in [2.75, 3.05) is 5.32 Å². The molecular formula is C14H14N2O4. The van der Waals surface area contributed by atoms with Crippen molar-refractivity contribution in [2.24, 2.45) is 0 Å². The standard InChI is InChI=1S/C14H14N2O4/c1-2-16-7-3-4-11(16)13(18)15-10-6-5-9(14(19)20)8-12(10)17/h3-8,17H,2H2,1H3,(H,15,18)(H,19,20). The molecule has 0 atom stereocenters. The second-order valence-corrected chi connectivity index (χ2v) is 4.17. The van der Waals surface area contributed by atoms with E-state index in [2.05, 4.69) is 5.32 Å². The first-order chi connectivity index (χ1) is 9.52. The molecule has 1 amide bonds. The fourth-order valence-electron chi connectivity index (χ4n) is 1.85. The lowest BCUT2D eigenvalue weighted by molar-refractivity contribution is 0.0696. The first-order valence-corrected chi connectivity index (χ1v) is 6.05. The minimum absolute atomic E-state index is 0.0440. The molecule has 0 aliphatic heterocycles. The molecule has 0 bridgehead atoms. The third-order valence-corrected chi connectivity index (χ3v) is 2.90. The first-order valence-electron chi connectivity index (χ1n) is 6.05. The quantitative estimate of drug-likeness (QED) is 0.745. The molecule has 0 radical (unpaired) electrons. The highest BCUT2D eigenvalue weighted by Crippen LogP contribution is 2.24. The highest BCUT2D eigenvalue weighted by atomic mass is 16.4. The number of amides is 1. The van der Waals surface area contributed by atoms with E-state index in [1.165, 1.54) is 12.1 Å². The van der Waals surface area contributed by atoms with E-state index in [0.717, 1.165) is 6.07 Å². The molecule has 0 saturated carbocycles. The second kappa shape index (κ2) is 5.48. The number of nitrogens with one attached hydrogen (secondary N) is 1. The van der Waals surface area contributed by atoms with Gasteiger partial charge in [-0.2, -0.15) is 0 Å². The Morgan fingerprint density at radius 1 is 1.30 bits per heavy atom. The number of phenols is 1. The molecule has 1 heterocycles. The summed E-state index contributed by atoms with van der Waals surface area (Å²) in [6.07, 6.45) is 1.78. The molecule has 1 aromatic carbocycles. The Morgan fingerprint density at radius 2 is 2.05 bits per heavy atom. The molecule has 0 saturated heterocycles. The SMILES string of the molecule is CCn1cccc1C(=O)Nc1ccc(C(=O)O)cc1O. The second-order valence-electron chi connectivity index (χ2n) is 4.17. The van der Waals surface area contributed by atoms with Crippen LogP contribution in [0.2, 0.25) is 0 Å². The van der Waals surface area contributed by atoms with Crippen LogP contribution < -0.4 is 5.32 Å². The van der Waals surface area contributed by atoms with Crippen LogP contribution in [0, 0.1) is 0 Å². The molecular weight excluding hydrogens is 260 g/mol. The summed E-state index contributed by atoms with van der Waals surface area (Å²) in [6, 6.07) is 7.19. The number of rotatable bonds is 4. The van der Waals surface area contributed by atoms with Gasteiger partial charge >= 0.3 is 5.97 Å². The average Bonchev–Trinajstić information content (AvgIpc) is 2.89. The van der Waals surface area contributed by atoms with E-state index in [1.54, 1.807) is 22.9 Å². The van der Waals surface area contributed by atoms with Gasteiger partial charge in [0.25, 0.3) is 5.91 Å². The third-order valence-electron chi connectivity index (χ3n) is 2.90. The summed E-state index contributed by atoms with van der Waals surface area (Å²) in [6.45, 7) is 2.57. The minimum Gasteiger partial charge on any atom is -0.506 e. The third kappa shape index (κ3) is 2.64. The van der Waals surface area contributed by atoms with Gasteiger partial charge in [-0.3, -0.25) is 4.79 Å². The van der Waals surface area contributed by atoms with Gasteiger partial charge in [-0.25, -0.2) is 4.79 Å². The number of anilines is 1. The van der Waals surface area contributed by atoms with E-state index in [9.17, 15) is 14.7 Å². The van der Waals surface area contributed by atoms with Crippen molar-refractivity contribution in [2.45, 2.75) is 13.5 Å². The lowest BCUT2D eigenvalue weighted by atomic mass is 10.2. The number of benzene rings is 1. The minimum atomic E-state index is -1.14. The number of hydrogen-bond donors (Lipinski definition) is 3. The van der Waals surface area contributed by atoms with Crippen LogP contribution in [0.25, 0.3) is 0 Å². The topological polar surface area (TPSA) is 91.6 Å². The molecule has 0 aliphatic carbocycles.